The Bertz CT molecular complexity index is 737. The number of nitrogens with zero attached hydrogens (tertiary/aromatic N) is 3. The average Bonchev–Trinajstić information content (AvgIpc) is 2.54. The van der Waals surface area contributed by atoms with Gasteiger partial charge < -0.3 is 14.4 Å². The highest BCUT2D eigenvalue weighted by molar-refractivity contribution is 6.60. The molecule has 1 aliphatic heterocycles. The van der Waals surface area contributed by atoms with Crippen LogP contribution in [0.4, 0.5) is 5.69 Å². The van der Waals surface area contributed by atoms with E-state index < -0.39 is 6.04 Å². The minimum absolute atomic E-state index is 0.307. The lowest BCUT2D eigenvalue weighted by atomic mass is 9.94. The van der Waals surface area contributed by atoms with Crippen LogP contribution in [0.3, 0.4) is 0 Å². The summed E-state index contributed by atoms with van der Waals surface area (Å²) < 4.78 is 10.6. The third-order valence-electron chi connectivity index (χ3n) is 3.73. The van der Waals surface area contributed by atoms with Gasteiger partial charge in [-0.2, -0.15) is 0 Å². The largest absolute Gasteiger partial charge is 0.497 e. The normalized spacial score (nSPS) is 20.6. The molecule has 6 heteroatoms. The van der Waals surface area contributed by atoms with Crippen LogP contribution in [0, 0.1) is 0 Å². The van der Waals surface area contributed by atoms with Crippen LogP contribution in [0.15, 0.2) is 34.3 Å². The lowest BCUT2D eigenvalue weighted by molar-refractivity contribution is -0.143. The number of hydrogen-bond acceptors (Lipinski definition) is 5. The van der Waals surface area contributed by atoms with Crippen molar-refractivity contribution in [3.05, 3.63) is 24.3 Å². The maximum Gasteiger partial charge on any atom is 0.335 e. The maximum atomic E-state index is 12.7. The molecule has 0 bridgehead atoms. The predicted octanol–water partition coefficient (Wildman–Crippen LogP) is 3.88. The molecule has 2 rings (SSSR count). The second-order valence-corrected chi connectivity index (χ2v) is 8.50. The molecule has 0 N–H and O–H groups in total. The quantitative estimate of drug-likeness (QED) is 0.751. The van der Waals surface area contributed by atoms with Crippen molar-refractivity contribution in [1.82, 2.24) is 0 Å². The molecule has 27 heavy (non-hydrogen) atoms. The summed E-state index contributed by atoms with van der Waals surface area (Å²) in [5, 5.41) is 0. The Hall–Kier alpha value is -2.37. The number of ether oxygens (including phenoxy) is 2. The highest BCUT2D eigenvalue weighted by atomic mass is 16.5. The van der Waals surface area contributed by atoms with E-state index in [1.165, 1.54) is 0 Å². The number of esters is 1. The topological polar surface area (TPSA) is 63.5 Å². The molecule has 1 heterocycles. The second kappa shape index (κ2) is 7.71. The fourth-order valence-electron chi connectivity index (χ4n) is 2.78. The Morgan fingerprint density at radius 1 is 1.04 bits per heavy atom. The second-order valence-electron chi connectivity index (χ2n) is 8.50. The first-order valence-corrected chi connectivity index (χ1v) is 9.26. The Morgan fingerprint density at radius 3 is 2.04 bits per heavy atom. The van der Waals surface area contributed by atoms with Gasteiger partial charge in [0.1, 0.15) is 11.5 Å². The number of rotatable bonds is 4. The Labute approximate surface area is 162 Å². The van der Waals surface area contributed by atoms with Gasteiger partial charge in [-0.1, -0.05) is 0 Å². The summed E-state index contributed by atoms with van der Waals surface area (Å²) in [7, 11) is 1.63. The van der Waals surface area contributed by atoms with Gasteiger partial charge in [-0.3, -0.25) is 9.98 Å². The summed E-state index contributed by atoms with van der Waals surface area (Å²) >= 11 is 0. The molecule has 0 aliphatic carbocycles. The van der Waals surface area contributed by atoms with Gasteiger partial charge in [-0.15, -0.1) is 0 Å². The highest BCUT2D eigenvalue weighted by Crippen LogP contribution is 2.32. The molecule has 1 aromatic rings. The van der Waals surface area contributed by atoms with E-state index in [0.29, 0.717) is 18.2 Å². The van der Waals surface area contributed by atoms with Crippen LogP contribution in [0.2, 0.25) is 0 Å². The average molecular weight is 373 g/mol. The number of carbonyl (C=O) groups excluding carboxylic acids is 1. The van der Waals surface area contributed by atoms with Gasteiger partial charge in [-0.25, -0.2) is 4.79 Å². The van der Waals surface area contributed by atoms with Crippen LogP contribution in [0.1, 0.15) is 48.5 Å². The highest BCUT2D eigenvalue weighted by Gasteiger charge is 2.49. The summed E-state index contributed by atoms with van der Waals surface area (Å²) in [5.41, 5.74) is 0.889. The number of anilines is 1. The molecule has 1 aromatic carbocycles. The van der Waals surface area contributed by atoms with E-state index in [9.17, 15) is 4.79 Å². The third kappa shape index (κ3) is 5.08. The molecule has 0 spiro atoms. The first-order chi connectivity index (χ1) is 12.5. The van der Waals surface area contributed by atoms with Gasteiger partial charge in [0.25, 0.3) is 0 Å². The Morgan fingerprint density at radius 2 is 1.59 bits per heavy atom. The summed E-state index contributed by atoms with van der Waals surface area (Å²) in [6, 6.07) is 6.96. The zero-order valence-corrected chi connectivity index (χ0v) is 17.7. The lowest BCUT2D eigenvalue weighted by Crippen LogP contribution is -2.67. The Kier molecular flexibility index (Phi) is 5.97. The molecule has 0 aromatic heterocycles. The molecule has 1 fully saturated rings. The number of aliphatic imine (C=N–C) groups is 2. The smallest absolute Gasteiger partial charge is 0.335 e. The van der Waals surface area contributed by atoms with Gasteiger partial charge in [0.05, 0.1) is 24.8 Å². The number of amidine groups is 1. The molecule has 1 atom stereocenters. The lowest BCUT2D eigenvalue weighted by Gasteiger charge is -2.44. The minimum Gasteiger partial charge on any atom is -0.497 e. The fourth-order valence-corrected chi connectivity index (χ4v) is 2.78. The zero-order chi connectivity index (χ0) is 20.4. The van der Waals surface area contributed by atoms with E-state index in [4.69, 9.17) is 19.5 Å². The standard InChI is InChI=1S/C21H31N3O3/c1-9-27-19(25)17-16(22-20(2,3)4)18(23-21(5,6)7)24(17)14-10-12-15(26-8)13-11-14/h10-13,17H,9H2,1-8H3. The van der Waals surface area contributed by atoms with Crippen molar-refractivity contribution in [2.75, 3.05) is 18.6 Å². The van der Waals surface area contributed by atoms with Crippen LogP contribution in [-0.2, 0) is 9.53 Å². The van der Waals surface area contributed by atoms with Crippen LogP contribution in [0.25, 0.3) is 0 Å². The van der Waals surface area contributed by atoms with Crippen molar-refractivity contribution in [3.63, 3.8) is 0 Å². The van der Waals surface area contributed by atoms with Gasteiger partial charge in [0.2, 0.25) is 0 Å². The molecule has 1 unspecified atom stereocenters. The zero-order valence-electron chi connectivity index (χ0n) is 17.7. The minimum atomic E-state index is -0.598. The molecule has 0 radical (unpaired) electrons. The molecular weight excluding hydrogens is 342 g/mol. The SMILES string of the molecule is CCOC(=O)C1C(=NC(C)(C)C)C(=NC(C)(C)C)N1c1ccc(OC)cc1. The van der Waals surface area contributed by atoms with Crippen LogP contribution >= 0.6 is 0 Å². The van der Waals surface area contributed by atoms with E-state index in [-0.39, 0.29) is 17.0 Å². The van der Waals surface area contributed by atoms with Crippen LogP contribution < -0.4 is 9.64 Å². The predicted molar refractivity (Wildman–Crippen MR) is 110 cm³/mol. The molecule has 6 nitrogen and oxygen atoms in total. The van der Waals surface area contributed by atoms with Crippen LogP contribution in [0.5, 0.6) is 5.75 Å². The van der Waals surface area contributed by atoms with E-state index >= 15 is 0 Å². The number of carbonyl (C=O) groups is 1. The van der Waals surface area contributed by atoms with Gasteiger partial charge in [0.15, 0.2) is 11.9 Å². The summed E-state index contributed by atoms with van der Waals surface area (Å²) in [4.78, 5) is 24.3. The fraction of sp³-hybridized carbons (Fsp3) is 0.571. The molecule has 0 amide bonds. The van der Waals surface area contributed by atoms with Crippen molar-refractivity contribution in [3.8, 4) is 5.75 Å². The first-order valence-electron chi connectivity index (χ1n) is 9.26. The number of methoxy groups -OCH3 is 1. The van der Waals surface area contributed by atoms with E-state index in [1.807, 2.05) is 70.7 Å². The van der Waals surface area contributed by atoms with Crippen molar-refractivity contribution in [2.45, 2.75) is 65.6 Å². The van der Waals surface area contributed by atoms with Crippen molar-refractivity contribution < 1.29 is 14.3 Å². The van der Waals surface area contributed by atoms with Crippen LogP contribution in [-0.4, -0.2) is 48.4 Å². The molecular formula is C21H31N3O3. The Balaban J connectivity index is 2.57. The van der Waals surface area contributed by atoms with Gasteiger partial charge in [-0.05, 0) is 72.7 Å². The van der Waals surface area contributed by atoms with Gasteiger partial charge in [0, 0.05) is 5.69 Å². The van der Waals surface area contributed by atoms with E-state index in [2.05, 4.69) is 0 Å². The number of hydrogen-bond donors (Lipinski definition) is 0. The molecule has 148 valence electrons. The molecule has 1 saturated heterocycles. The maximum absolute atomic E-state index is 12.7. The molecule has 1 aliphatic rings. The van der Waals surface area contributed by atoms with E-state index in [1.54, 1.807) is 14.0 Å². The summed E-state index contributed by atoms with van der Waals surface area (Å²) in [6.07, 6.45) is 0. The monoisotopic (exact) mass is 373 g/mol. The molecule has 0 saturated carbocycles. The first kappa shape index (κ1) is 20.9. The number of benzene rings is 1. The van der Waals surface area contributed by atoms with Crippen molar-refractivity contribution >= 4 is 23.2 Å². The van der Waals surface area contributed by atoms with E-state index in [0.717, 1.165) is 11.4 Å². The van der Waals surface area contributed by atoms with Crippen molar-refractivity contribution in [2.24, 2.45) is 9.98 Å². The van der Waals surface area contributed by atoms with Gasteiger partial charge >= 0.3 is 5.97 Å². The summed E-state index contributed by atoms with van der Waals surface area (Å²) in [6.45, 7) is 14.2. The summed E-state index contributed by atoms with van der Waals surface area (Å²) in [5.74, 6) is 1.15. The third-order valence-corrected chi connectivity index (χ3v) is 3.73. The van der Waals surface area contributed by atoms with Crippen molar-refractivity contribution in [1.29, 1.82) is 0 Å².